The maximum absolute atomic E-state index is 14.0. The van der Waals surface area contributed by atoms with E-state index in [1.54, 1.807) is 18.2 Å². The molecule has 0 saturated heterocycles. The van der Waals surface area contributed by atoms with E-state index in [0.29, 0.717) is 37.7 Å². The molecule has 0 aliphatic rings. The molecule has 180 valence electrons. The zero-order valence-corrected chi connectivity index (χ0v) is 20.5. The van der Waals surface area contributed by atoms with E-state index in [0.717, 1.165) is 31.1 Å². The monoisotopic (exact) mass is 474 g/mol. The number of ketones is 1. The second-order valence-corrected chi connectivity index (χ2v) is 12.3. The van der Waals surface area contributed by atoms with Crippen LogP contribution in [0.3, 0.4) is 0 Å². The third-order valence-corrected chi connectivity index (χ3v) is 10.4. The zero-order chi connectivity index (χ0) is 24.4. The normalized spacial score (nSPS) is 13.0. The smallest absolute Gasteiger partial charge is 0.291 e. The lowest BCUT2D eigenvalue weighted by atomic mass is 10.1. The van der Waals surface area contributed by atoms with Crippen LogP contribution in [0.4, 0.5) is 18.9 Å². The van der Waals surface area contributed by atoms with Gasteiger partial charge in [-0.15, -0.1) is 0 Å². The molecular formula is C24H36F3NO3P+. The number of hydrogen-bond acceptors (Lipinski definition) is 3. The predicted molar refractivity (Wildman–Crippen MR) is 126 cm³/mol. The van der Waals surface area contributed by atoms with Crippen molar-refractivity contribution < 1.29 is 27.6 Å². The highest BCUT2D eigenvalue weighted by Gasteiger charge is 2.58. The van der Waals surface area contributed by atoms with E-state index in [1.165, 1.54) is 12.1 Å². The van der Waals surface area contributed by atoms with Crippen LogP contribution in [-0.4, -0.2) is 47.9 Å². The number of unbranched alkanes of at least 4 members (excludes halogenated alkanes) is 3. The molecule has 1 unspecified atom stereocenters. The van der Waals surface area contributed by atoms with Crippen molar-refractivity contribution in [2.24, 2.45) is 0 Å². The van der Waals surface area contributed by atoms with Gasteiger partial charge in [-0.05, 0) is 31.4 Å². The number of nitrogens with zero attached hydrogens (tertiary/aromatic N) is 1. The summed E-state index contributed by atoms with van der Waals surface area (Å²) in [7, 11) is -2.58. The molecule has 0 saturated carbocycles. The molecule has 4 nitrogen and oxygen atoms in total. The molecule has 0 heterocycles. The van der Waals surface area contributed by atoms with Crippen molar-refractivity contribution in [3.05, 3.63) is 30.3 Å². The predicted octanol–water partition coefficient (Wildman–Crippen LogP) is 6.48. The Hall–Kier alpha value is -1.75. The van der Waals surface area contributed by atoms with Gasteiger partial charge in [-0.25, -0.2) is 0 Å². The molecule has 0 bridgehead atoms. The number of anilines is 1. The highest BCUT2D eigenvalue weighted by molar-refractivity contribution is 7.91. The van der Waals surface area contributed by atoms with Crippen molar-refractivity contribution in [2.75, 3.05) is 23.4 Å². The first-order chi connectivity index (χ1) is 15.1. The molecular weight excluding hydrogens is 438 g/mol. The molecule has 1 aromatic carbocycles. The first kappa shape index (κ1) is 28.3. The zero-order valence-electron chi connectivity index (χ0n) is 19.6. The minimum atomic E-state index is -5.22. The van der Waals surface area contributed by atoms with Gasteiger partial charge < -0.3 is 0 Å². The second kappa shape index (κ2) is 13.1. The molecule has 0 spiro atoms. The number of Topliss-reactive ketones (excluding diaryl/α,β-unsaturated/α-hetero) is 1. The van der Waals surface area contributed by atoms with Gasteiger partial charge >= 0.3 is 6.18 Å². The van der Waals surface area contributed by atoms with E-state index in [2.05, 4.69) is 0 Å². The summed E-state index contributed by atoms with van der Waals surface area (Å²) in [5.41, 5.74) is -0.551. The van der Waals surface area contributed by atoms with Crippen LogP contribution < -0.4 is 4.90 Å². The standard InChI is InChI=1S/C24H36F3NO3P/c1-5-8-16-32(17-9-6-2,18-10-7-3)23(31)21(22(30)24(25,26)27)28(19(4)29)20-14-12-11-13-15-20/h11-15,21H,5-10,16-18H2,1-4H3/q+1. The average molecular weight is 475 g/mol. The van der Waals surface area contributed by atoms with E-state index in [-0.39, 0.29) is 5.69 Å². The minimum absolute atomic E-state index is 0.121. The fraction of sp³-hybridized carbons (Fsp3) is 0.625. The second-order valence-electron chi connectivity index (χ2n) is 8.20. The summed E-state index contributed by atoms with van der Waals surface area (Å²) in [5, 5.41) is 0. The fourth-order valence-electron chi connectivity index (χ4n) is 3.90. The number of para-hydroxylation sites is 1. The van der Waals surface area contributed by atoms with Gasteiger partial charge in [0.05, 0.1) is 25.7 Å². The Morgan fingerprint density at radius 2 is 1.31 bits per heavy atom. The van der Waals surface area contributed by atoms with E-state index < -0.39 is 36.7 Å². The summed E-state index contributed by atoms with van der Waals surface area (Å²) in [4.78, 5) is 40.0. The van der Waals surface area contributed by atoms with Gasteiger partial charge in [0.2, 0.25) is 11.9 Å². The van der Waals surface area contributed by atoms with Crippen LogP contribution in [0.25, 0.3) is 0 Å². The molecule has 0 N–H and O–H groups in total. The molecule has 0 radical (unpaired) electrons. The Morgan fingerprint density at radius 3 is 1.66 bits per heavy atom. The van der Waals surface area contributed by atoms with Crippen molar-refractivity contribution in [2.45, 2.75) is 78.4 Å². The van der Waals surface area contributed by atoms with Crippen molar-refractivity contribution in [3.8, 4) is 0 Å². The summed E-state index contributed by atoms with van der Waals surface area (Å²) in [5.74, 6) is -2.91. The summed E-state index contributed by atoms with van der Waals surface area (Å²) in [6, 6.07) is 5.53. The van der Waals surface area contributed by atoms with Gasteiger partial charge in [-0.2, -0.15) is 13.2 Å². The first-order valence-corrected chi connectivity index (χ1v) is 13.8. The number of amides is 1. The van der Waals surface area contributed by atoms with Crippen molar-refractivity contribution in [3.63, 3.8) is 0 Å². The molecule has 1 atom stereocenters. The van der Waals surface area contributed by atoms with Crippen LogP contribution in [-0.2, 0) is 14.4 Å². The lowest BCUT2D eigenvalue weighted by Crippen LogP contribution is -2.54. The Labute approximate surface area is 190 Å². The largest absolute Gasteiger partial charge is 0.452 e. The number of carbonyl (C=O) groups excluding carboxylic acids is 3. The molecule has 0 aromatic heterocycles. The third kappa shape index (κ3) is 7.40. The maximum atomic E-state index is 14.0. The van der Waals surface area contributed by atoms with E-state index in [9.17, 15) is 27.6 Å². The van der Waals surface area contributed by atoms with Gasteiger partial charge in [0.15, 0.2) is 0 Å². The maximum Gasteiger partial charge on any atom is 0.452 e. The lowest BCUT2D eigenvalue weighted by molar-refractivity contribution is -0.173. The van der Waals surface area contributed by atoms with Crippen LogP contribution in [0, 0.1) is 0 Å². The summed E-state index contributed by atoms with van der Waals surface area (Å²) in [6.07, 6.45) is 0.890. The average Bonchev–Trinajstić information content (AvgIpc) is 2.76. The molecule has 1 amide bonds. The molecule has 32 heavy (non-hydrogen) atoms. The third-order valence-electron chi connectivity index (χ3n) is 5.68. The first-order valence-electron chi connectivity index (χ1n) is 11.4. The number of hydrogen-bond donors (Lipinski definition) is 0. The number of benzene rings is 1. The Morgan fingerprint density at radius 1 is 0.875 bits per heavy atom. The van der Waals surface area contributed by atoms with E-state index >= 15 is 0 Å². The lowest BCUT2D eigenvalue weighted by Gasteiger charge is -2.34. The van der Waals surface area contributed by atoms with Gasteiger partial charge in [0.25, 0.3) is 11.3 Å². The number of carbonyl (C=O) groups is 3. The SMILES string of the molecule is CCCC[P+](CCCC)(CCCC)C(=O)C(C(=O)C(F)(F)F)N(C(C)=O)c1ccccc1. The molecule has 8 heteroatoms. The van der Waals surface area contributed by atoms with Crippen LogP contribution in [0.15, 0.2) is 30.3 Å². The molecule has 1 rings (SSSR count). The molecule has 0 fully saturated rings. The van der Waals surface area contributed by atoms with Crippen molar-refractivity contribution >= 4 is 30.2 Å². The molecule has 1 aromatic rings. The van der Waals surface area contributed by atoms with Gasteiger partial charge in [-0.1, -0.05) is 58.2 Å². The highest BCUT2D eigenvalue weighted by atomic mass is 31.2. The van der Waals surface area contributed by atoms with Crippen LogP contribution in [0.5, 0.6) is 0 Å². The van der Waals surface area contributed by atoms with E-state index in [4.69, 9.17) is 0 Å². The quantitative estimate of drug-likeness (QED) is 0.229. The summed E-state index contributed by atoms with van der Waals surface area (Å²) >= 11 is 0. The number of halogens is 3. The van der Waals surface area contributed by atoms with Crippen molar-refractivity contribution in [1.29, 1.82) is 0 Å². The Balaban J connectivity index is 3.69. The van der Waals surface area contributed by atoms with E-state index in [1.807, 2.05) is 20.8 Å². The van der Waals surface area contributed by atoms with Gasteiger partial charge in [0.1, 0.15) is 0 Å². The topological polar surface area (TPSA) is 54.5 Å². The highest BCUT2D eigenvalue weighted by Crippen LogP contribution is 2.63. The minimum Gasteiger partial charge on any atom is -0.291 e. The summed E-state index contributed by atoms with van der Waals surface area (Å²) in [6.45, 7) is 7.02. The van der Waals surface area contributed by atoms with Crippen molar-refractivity contribution in [1.82, 2.24) is 0 Å². The number of rotatable bonds is 14. The van der Waals surface area contributed by atoms with Crippen LogP contribution >= 0.6 is 7.26 Å². The molecule has 0 aliphatic heterocycles. The Kier molecular flexibility index (Phi) is 11.6. The van der Waals surface area contributed by atoms with Crippen LogP contribution in [0.1, 0.15) is 66.2 Å². The fourth-order valence-corrected chi connectivity index (χ4v) is 8.75. The number of alkyl halides is 3. The summed E-state index contributed by atoms with van der Waals surface area (Å²) < 4.78 is 41.1. The Bertz CT molecular complexity index is 731. The van der Waals surface area contributed by atoms with Gasteiger partial charge in [0, 0.05) is 12.6 Å². The van der Waals surface area contributed by atoms with Crippen LogP contribution in [0.2, 0.25) is 0 Å². The van der Waals surface area contributed by atoms with Gasteiger partial charge in [-0.3, -0.25) is 19.3 Å². The molecule has 0 aliphatic carbocycles.